The fourth-order valence-electron chi connectivity index (χ4n) is 2.94. The van der Waals surface area contributed by atoms with Crippen molar-refractivity contribution in [1.29, 1.82) is 0 Å². The van der Waals surface area contributed by atoms with Gasteiger partial charge in [0.25, 0.3) is 5.91 Å². The molecule has 0 unspecified atom stereocenters. The molecule has 8 heteroatoms. The average Bonchev–Trinajstić information content (AvgIpc) is 3.35. The second kappa shape index (κ2) is 8.87. The Labute approximate surface area is 177 Å². The Kier molecular flexibility index (Phi) is 5.85. The number of esters is 1. The Hall–Kier alpha value is -3.52. The Morgan fingerprint density at radius 2 is 1.93 bits per heavy atom. The molecule has 30 heavy (non-hydrogen) atoms. The van der Waals surface area contributed by atoms with E-state index < -0.39 is 0 Å². The highest BCUT2D eigenvalue weighted by Gasteiger charge is 2.10. The van der Waals surface area contributed by atoms with Crippen LogP contribution in [0.2, 0.25) is 0 Å². The molecule has 4 aromatic rings. The summed E-state index contributed by atoms with van der Waals surface area (Å²) < 4.78 is 8.10. The molecule has 2 heterocycles. The van der Waals surface area contributed by atoms with Gasteiger partial charge in [0, 0.05) is 25.4 Å². The van der Waals surface area contributed by atoms with Gasteiger partial charge in [0.15, 0.2) is 0 Å². The number of nitrogens with one attached hydrogen (secondary N) is 1. The van der Waals surface area contributed by atoms with Crippen LogP contribution < -0.4 is 10.1 Å². The number of carbonyl (C=O) groups is 2. The number of fused-ring (bicyclic) bond motifs is 1. The third-order valence-electron chi connectivity index (χ3n) is 4.42. The topological polar surface area (TPSA) is 86.1 Å². The molecule has 4 rings (SSSR count). The zero-order valence-corrected chi connectivity index (χ0v) is 17.2. The predicted octanol–water partition coefficient (Wildman–Crippen LogP) is 4.21. The number of carbonyl (C=O) groups excluding carboxylic acids is 2. The van der Waals surface area contributed by atoms with Gasteiger partial charge >= 0.3 is 5.97 Å². The molecule has 1 N–H and O–H groups in total. The fourth-order valence-corrected chi connectivity index (χ4v) is 3.95. The van der Waals surface area contributed by atoms with Crippen LogP contribution in [0.3, 0.4) is 0 Å². The van der Waals surface area contributed by atoms with Gasteiger partial charge in [-0.3, -0.25) is 14.3 Å². The number of hydrogen-bond donors (Lipinski definition) is 1. The lowest BCUT2D eigenvalue weighted by atomic mass is 10.2. The summed E-state index contributed by atoms with van der Waals surface area (Å²) in [5, 5.41) is 7.78. The van der Waals surface area contributed by atoms with E-state index in [4.69, 9.17) is 4.74 Å². The van der Waals surface area contributed by atoms with E-state index in [1.807, 2.05) is 24.3 Å². The van der Waals surface area contributed by atoms with Gasteiger partial charge in [0.1, 0.15) is 5.75 Å². The summed E-state index contributed by atoms with van der Waals surface area (Å²) in [5.74, 6) is -0.0923. The van der Waals surface area contributed by atoms with E-state index in [1.165, 1.54) is 6.20 Å². The lowest BCUT2D eigenvalue weighted by Gasteiger charge is -2.06. The summed E-state index contributed by atoms with van der Waals surface area (Å²) in [7, 11) is 1.75. The van der Waals surface area contributed by atoms with Crippen LogP contribution in [0.4, 0.5) is 5.69 Å². The van der Waals surface area contributed by atoms with Crippen LogP contribution in [0.5, 0.6) is 5.75 Å². The van der Waals surface area contributed by atoms with Crippen LogP contribution >= 0.6 is 11.3 Å². The van der Waals surface area contributed by atoms with Gasteiger partial charge in [-0.15, -0.1) is 11.3 Å². The van der Waals surface area contributed by atoms with E-state index in [9.17, 15) is 9.59 Å². The van der Waals surface area contributed by atoms with E-state index in [1.54, 1.807) is 53.5 Å². The molecule has 2 aromatic carbocycles. The molecule has 0 bridgehead atoms. The maximum atomic E-state index is 12.1. The standard InChI is InChI=1S/C22H20N4O3S/c1-26-14-15(13-23-26)22(28)24-16-9-11-17(12-10-16)29-21(27)8-4-7-20-25-18-5-2-3-6-19(18)30-20/h2-3,5-6,9-14H,4,7-8H2,1H3,(H,24,28). The number of thiazole rings is 1. The van der Waals surface area contributed by atoms with Gasteiger partial charge in [0.2, 0.25) is 0 Å². The van der Waals surface area contributed by atoms with E-state index >= 15 is 0 Å². The maximum absolute atomic E-state index is 12.1. The zero-order chi connectivity index (χ0) is 20.9. The van der Waals surface area contributed by atoms with Crippen molar-refractivity contribution in [2.24, 2.45) is 7.05 Å². The smallest absolute Gasteiger partial charge is 0.311 e. The van der Waals surface area contributed by atoms with E-state index in [-0.39, 0.29) is 11.9 Å². The molecule has 1 amide bonds. The van der Waals surface area contributed by atoms with Crippen LogP contribution in [0, 0.1) is 0 Å². The average molecular weight is 420 g/mol. The molecule has 2 aromatic heterocycles. The van der Waals surface area contributed by atoms with Gasteiger partial charge in [0.05, 0.1) is 27.0 Å². The van der Waals surface area contributed by atoms with Gasteiger partial charge in [-0.05, 0) is 49.2 Å². The monoisotopic (exact) mass is 420 g/mol. The highest BCUT2D eigenvalue weighted by Crippen LogP contribution is 2.23. The summed E-state index contributed by atoms with van der Waals surface area (Å²) >= 11 is 1.66. The molecule has 0 saturated carbocycles. The minimum Gasteiger partial charge on any atom is -0.427 e. The number of rotatable bonds is 7. The molecule has 0 radical (unpaired) electrons. The first kappa shape index (κ1) is 19.8. The van der Waals surface area contributed by atoms with Crippen LogP contribution in [0.1, 0.15) is 28.2 Å². The summed E-state index contributed by atoms with van der Waals surface area (Å²) in [6.45, 7) is 0. The second-order valence-electron chi connectivity index (χ2n) is 6.78. The Balaban J connectivity index is 1.24. The number of hydrogen-bond acceptors (Lipinski definition) is 6. The molecule has 0 fully saturated rings. The number of ether oxygens (including phenoxy) is 1. The molecule has 0 spiro atoms. The minimum absolute atomic E-state index is 0.248. The normalized spacial score (nSPS) is 10.8. The summed E-state index contributed by atoms with van der Waals surface area (Å²) in [6.07, 6.45) is 4.88. The van der Waals surface area contributed by atoms with Crippen molar-refractivity contribution in [3.8, 4) is 5.75 Å². The van der Waals surface area contributed by atoms with Crippen molar-refractivity contribution >= 4 is 39.1 Å². The Bertz CT molecular complexity index is 1150. The first-order chi connectivity index (χ1) is 14.6. The van der Waals surface area contributed by atoms with Crippen LogP contribution in [-0.4, -0.2) is 26.6 Å². The lowest BCUT2D eigenvalue weighted by molar-refractivity contribution is -0.134. The van der Waals surface area contributed by atoms with Crippen molar-refractivity contribution in [1.82, 2.24) is 14.8 Å². The van der Waals surface area contributed by atoms with Crippen molar-refractivity contribution < 1.29 is 14.3 Å². The van der Waals surface area contributed by atoms with Crippen LogP contribution in [0.25, 0.3) is 10.2 Å². The van der Waals surface area contributed by atoms with E-state index in [2.05, 4.69) is 15.4 Å². The fraction of sp³-hybridized carbons (Fsp3) is 0.182. The number of aromatic nitrogens is 3. The van der Waals surface area contributed by atoms with Crippen molar-refractivity contribution in [2.45, 2.75) is 19.3 Å². The lowest BCUT2D eigenvalue weighted by Crippen LogP contribution is -2.11. The maximum Gasteiger partial charge on any atom is 0.311 e. The largest absolute Gasteiger partial charge is 0.427 e. The zero-order valence-electron chi connectivity index (χ0n) is 16.4. The highest BCUT2D eigenvalue weighted by molar-refractivity contribution is 7.18. The molecular formula is C22H20N4O3S. The molecular weight excluding hydrogens is 400 g/mol. The molecule has 0 atom stereocenters. The molecule has 0 aliphatic rings. The van der Waals surface area contributed by atoms with Crippen molar-refractivity contribution in [3.63, 3.8) is 0 Å². The Morgan fingerprint density at radius 3 is 2.67 bits per heavy atom. The van der Waals surface area contributed by atoms with Gasteiger partial charge in [-0.25, -0.2) is 4.98 Å². The van der Waals surface area contributed by atoms with Crippen LogP contribution in [0.15, 0.2) is 60.9 Å². The predicted molar refractivity (Wildman–Crippen MR) is 116 cm³/mol. The summed E-state index contributed by atoms with van der Waals surface area (Å²) in [6, 6.07) is 14.7. The number of para-hydroxylation sites is 1. The summed E-state index contributed by atoms with van der Waals surface area (Å²) in [5.41, 5.74) is 2.08. The number of amides is 1. The van der Waals surface area contributed by atoms with Gasteiger partial charge in [-0.1, -0.05) is 12.1 Å². The molecule has 0 aliphatic heterocycles. The first-order valence-electron chi connectivity index (χ1n) is 9.52. The molecule has 152 valence electrons. The summed E-state index contributed by atoms with van der Waals surface area (Å²) in [4.78, 5) is 28.8. The van der Waals surface area contributed by atoms with E-state index in [0.29, 0.717) is 29.8 Å². The molecule has 7 nitrogen and oxygen atoms in total. The Morgan fingerprint density at radius 1 is 1.13 bits per heavy atom. The first-order valence-corrected chi connectivity index (χ1v) is 10.3. The van der Waals surface area contributed by atoms with Crippen LogP contribution in [-0.2, 0) is 18.3 Å². The van der Waals surface area contributed by atoms with Crippen molar-refractivity contribution in [3.05, 3.63) is 71.5 Å². The number of aryl methyl sites for hydroxylation is 2. The quantitative estimate of drug-likeness (QED) is 0.358. The van der Waals surface area contributed by atoms with Crippen molar-refractivity contribution in [2.75, 3.05) is 5.32 Å². The third kappa shape index (κ3) is 4.90. The highest BCUT2D eigenvalue weighted by atomic mass is 32.1. The van der Waals surface area contributed by atoms with Gasteiger partial charge in [-0.2, -0.15) is 5.10 Å². The number of anilines is 1. The van der Waals surface area contributed by atoms with Gasteiger partial charge < -0.3 is 10.1 Å². The number of benzene rings is 2. The third-order valence-corrected chi connectivity index (χ3v) is 5.52. The van der Waals surface area contributed by atoms with E-state index in [0.717, 1.165) is 21.6 Å². The second-order valence-corrected chi connectivity index (χ2v) is 7.90. The SMILES string of the molecule is Cn1cc(C(=O)Nc2ccc(OC(=O)CCCc3nc4ccccc4s3)cc2)cn1. The number of nitrogens with zero attached hydrogens (tertiary/aromatic N) is 3. The molecule has 0 aliphatic carbocycles. The minimum atomic E-state index is -0.289. The molecule has 0 saturated heterocycles.